The molecular formula is C14H15FN2O2S. The number of hydrogen-bond donors (Lipinski definition) is 1. The van der Waals surface area contributed by atoms with Crippen molar-refractivity contribution >= 4 is 21.4 Å². The van der Waals surface area contributed by atoms with Gasteiger partial charge in [-0.15, -0.1) is 0 Å². The minimum absolute atomic E-state index is 0.121. The second kappa shape index (κ2) is 5.13. The fraction of sp³-hybridized carbons (Fsp3) is 0.143. The first-order valence-corrected chi connectivity index (χ1v) is 7.37. The van der Waals surface area contributed by atoms with Gasteiger partial charge in [0, 0.05) is 12.7 Å². The number of rotatable bonds is 3. The summed E-state index contributed by atoms with van der Waals surface area (Å²) in [5.41, 5.74) is 7.15. The van der Waals surface area contributed by atoms with Gasteiger partial charge < -0.3 is 5.73 Å². The molecule has 0 aliphatic rings. The van der Waals surface area contributed by atoms with Crippen molar-refractivity contribution in [3.05, 3.63) is 53.8 Å². The summed E-state index contributed by atoms with van der Waals surface area (Å²) in [6, 6.07) is 9.91. The second-order valence-corrected chi connectivity index (χ2v) is 6.44. The van der Waals surface area contributed by atoms with Crippen molar-refractivity contribution < 1.29 is 12.8 Å². The maximum absolute atomic E-state index is 13.2. The predicted molar refractivity (Wildman–Crippen MR) is 77.6 cm³/mol. The van der Waals surface area contributed by atoms with Crippen LogP contribution in [-0.2, 0) is 10.0 Å². The molecule has 2 N–H and O–H groups in total. The summed E-state index contributed by atoms with van der Waals surface area (Å²) < 4.78 is 39.2. The quantitative estimate of drug-likeness (QED) is 0.885. The highest BCUT2D eigenvalue weighted by atomic mass is 32.2. The van der Waals surface area contributed by atoms with Crippen molar-refractivity contribution in [2.75, 3.05) is 17.1 Å². The highest BCUT2D eigenvalue weighted by Gasteiger charge is 2.21. The lowest BCUT2D eigenvalue weighted by Crippen LogP contribution is -2.26. The summed E-state index contributed by atoms with van der Waals surface area (Å²) in [5.74, 6) is -0.488. The fourth-order valence-electron chi connectivity index (χ4n) is 1.78. The maximum Gasteiger partial charge on any atom is 0.264 e. The van der Waals surface area contributed by atoms with Gasteiger partial charge >= 0.3 is 0 Å². The van der Waals surface area contributed by atoms with E-state index in [1.54, 1.807) is 13.0 Å². The summed E-state index contributed by atoms with van der Waals surface area (Å²) in [5, 5.41) is 0. The number of nitrogens with zero attached hydrogens (tertiary/aromatic N) is 1. The number of hydrogen-bond acceptors (Lipinski definition) is 3. The molecule has 2 aromatic rings. The molecule has 2 aromatic carbocycles. The topological polar surface area (TPSA) is 63.4 Å². The molecule has 0 saturated heterocycles. The van der Waals surface area contributed by atoms with E-state index in [0.29, 0.717) is 11.3 Å². The normalized spacial score (nSPS) is 11.3. The van der Waals surface area contributed by atoms with Gasteiger partial charge in [0.2, 0.25) is 0 Å². The van der Waals surface area contributed by atoms with Crippen LogP contribution in [0.2, 0.25) is 0 Å². The Balaban J connectivity index is 2.46. The van der Waals surface area contributed by atoms with Gasteiger partial charge in [0.15, 0.2) is 0 Å². The van der Waals surface area contributed by atoms with Crippen molar-refractivity contribution in [1.82, 2.24) is 0 Å². The fourth-order valence-corrected chi connectivity index (χ4v) is 3.05. The van der Waals surface area contributed by atoms with Crippen LogP contribution in [0.3, 0.4) is 0 Å². The highest BCUT2D eigenvalue weighted by Crippen LogP contribution is 2.24. The summed E-state index contributed by atoms with van der Waals surface area (Å²) >= 11 is 0. The first-order valence-electron chi connectivity index (χ1n) is 5.93. The average Bonchev–Trinajstić information content (AvgIpc) is 2.40. The summed E-state index contributed by atoms with van der Waals surface area (Å²) in [6.07, 6.45) is 0. The summed E-state index contributed by atoms with van der Waals surface area (Å²) in [6.45, 7) is 1.73. The van der Waals surface area contributed by atoms with Gasteiger partial charge in [-0.2, -0.15) is 0 Å². The number of sulfonamides is 1. The number of aryl methyl sites for hydroxylation is 1. The molecule has 0 spiro atoms. The van der Waals surface area contributed by atoms with Crippen LogP contribution in [0.5, 0.6) is 0 Å². The molecule has 0 atom stereocenters. The van der Waals surface area contributed by atoms with Gasteiger partial charge in [0.1, 0.15) is 5.82 Å². The minimum atomic E-state index is -3.74. The zero-order valence-electron chi connectivity index (χ0n) is 11.2. The molecular weight excluding hydrogens is 279 g/mol. The molecule has 4 nitrogen and oxygen atoms in total. The molecule has 0 aromatic heterocycles. The largest absolute Gasteiger partial charge is 0.399 e. The lowest BCUT2D eigenvalue weighted by atomic mass is 10.2. The first kappa shape index (κ1) is 14.3. The summed E-state index contributed by atoms with van der Waals surface area (Å²) in [4.78, 5) is 0.121. The molecule has 0 heterocycles. The van der Waals surface area contributed by atoms with Gasteiger partial charge in [0.05, 0.1) is 10.6 Å². The molecule has 20 heavy (non-hydrogen) atoms. The Morgan fingerprint density at radius 1 is 1.15 bits per heavy atom. The third-order valence-corrected chi connectivity index (χ3v) is 4.85. The van der Waals surface area contributed by atoms with Gasteiger partial charge in [-0.1, -0.05) is 6.07 Å². The van der Waals surface area contributed by atoms with Gasteiger partial charge in [-0.05, 0) is 48.9 Å². The number of nitrogens with two attached hydrogens (primary N) is 1. The average molecular weight is 294 g/mol. The van der Waals surface area contributed by atoms with E-state index in [9.17, 15) is 12.8 Å². The van der Waals surface area contributed by atoms with Gasteiger partial charge in [-0.3, -0.25) is 4.31 Å². The van der Waals surface area contributed by atoms with E-state index in [0.717, 1.165) is 4.31 Å². The van der Waals surface area contributed by atoms with Crippen LogP contribution in [-0.4, -0.2) is 15.5 Å². The summed E-state index contributed by atoms with van der Waals surface area (Å²) in [7, 11) is -2.35. The molecule has 0 fully saturated rings. The Bertz CT molecular complexity index is 745. The smallest absolute Gasteiger partial charge is 0.264 e. The van der Waals surface area contributed by atoms with Crippen molar-refractivity contribution in [2.24, 2.45) is 0 Å². The second-order valence-electron chi connectivity index (χ2n) is 4.47. The van der Waals surface area contributed by atoms with Crippen LogP contribution in [0.15, 0.2) is 47.4 Å². The van der Waals surface area contributed by atoms with E-state index in [-0.39, 0.29) is 10.6 Å². The van der Waals surface area contributed by atoms with E-state index in [1.165, 1.54) is 43.4 Å². The molecule has 0 aliphatic carbocycles. The van der Waals surface area contributed by atoms with E-state index in [4.69, 9.17) is 5.73 Å². The van der Waals surface area contributed by atoms with E-state index in [2.05, 4.69) is 0 Å². The zero-order valence-corrected chi connectivity index (χ0v) is 12.0. The Kier molecular flexibility index (Phi) is 3.67. The van der Waals surface area contributed by atoms with E-state index >= 15 is 0 Å². The molecule has 106 valence electrons. The SMILES string of the molecule is Cc1cc(S(=O)(=O)N(C)c2cccc(F)c2)ccc1N. The maximum atomic E-state index is 13.2. The Hall–Kier alpha value is -2.08. The van der Waals surface area contributed by atoms with Crippen molar-refractivity contribution in [1.29, 1.82) is 0 Å². The van der Waals surface area contributed by atoms with E-state index in [1.807, 2.05) is 0 Å². The molecule has 6 heteroatoms. The standard InChI is InChI=1S/C14H15FN2O2S/c1-10-8-13(6-7-14(10)16)20(18,19)17(2)12-5-3-4-11(15)9-12/h3-9H,16H2,1-2H3. The molecule has 0 unspecified atom stereocenters. The van der Waals surface area contributed by atoms with Crippen LogP contribution >= 0.6 is 0 Å². The Morgan fingerprint density at radius 2 is 1.85 bits per heavy atom. The van der Waals surface area contributed by atoms with E-state index < -0.39 is 15.8 Å². The predicted octanol–water partition coefficient (Wildman–Crippen LogP) is 2.54. The molecule has 0 radical (unpaired) electrons. The number of halogens is 1. The lowest BCUT2D eigenvalue weighted by Gasteiger charge is -2.20. The molecule has 0 amide bonds. The van der Waals surface area contributed by atoms with Crippen LogP contribution < -0.4 is 10.0 Å². The van der Waals surface area contributed by atoms with Crippen molar-refractivity contribution in [2.45, 2.75) is 11.8 Å². The number of anilines is 2. The molecule has 0 saturated carbocycles. The Morgan fingerprint density at radius 3 is 2.45 bits per heavy atom. The number of nitrogen functional groups attached to an aromatic ring is 1. The first-order chi connectivity index (χ1) is 9.32. The van der Waals surface area contributed by atoms with Crippen LogP contribution in [0.4, 0.5) is 15.8 Å². The highest BCUT2D eigenvalue weighted by molar-refractivity contribution is 7.92. The van der Waals surface area contributed by atoms with Crippen molar-refractivity contribution in [3.63, 3.8) is 0 Å². The van der Waals surface area contributed by atoms with Gasteiger partial charge in [0.25, 0.3) is 10.0 Å². The van der Waals surface area contributed by atoms with Crippen LogP contribution in [0, 0.1) is 12.7 Å². The van der Waals surface area contributed by atoms with Crippen molar-refractivity contribution in [3.8, 4) is 0 Å². The van der Waals surface area contributed by atoms with Crippen LogP contribution in [0.25, 0.3) is 0 Å². The molecule has 0 bridgehead atoms. The number of benzene rings is 2. The Labute approximate surface area is 117 Å². The molecule has 0 aliphatic heterocycles. The third-order valence-electron chi connectivity index (χ3n) is 3.07. The molecule has 2 rings (SSSR count). The van der Waals surface area contributed by atoms with Crippen LogP contribution in [0.1, 0.15) is 5.56 Å². The zero-order chi connectivity index (χ0) is 14.9. The van der Waals surface area contributed by atoms with Gasteiger partial charge in [-0.25, -0.2) is 12.8 Å². The lowest BCUT2D eigenvalue weighted by molar-refractivity contribution is 0.594. The minimum Gasteiger partial charge on any atom is -0.399 e. The third kappa shape index (κ3) is 2.60. The monoisotopic (exact) mass is 294 g/mol.